The second-order valence-electron chi connectivity index (χ2n) is 13.6. The number of piperidine rings is 1. The zero-order valence-corrected chi connectivity index (χ0v) is 25.7. The van der Waals surface area contributed by atoms with Gasteiger partial charge in [0.05, 0.1) is 19.7 Å². The fourth-order valence-electron chi connectivity index (χ4n) is 7.03. The number of hydrogen-bond acceptors (Lipinski definition) is 5. The number of amides is 2. The molecule has 2 aromatic rings. The number of benzene rings is 2. The first kappa shape index (κ1) is 29.4. The maximum absolute atomic E-state index is 13.9. The third-order valence-corrected chi connectivity index (χ3v) is 9.16. The summed E-state index contributed by atoms with van der Waals surface area (Å²) in [5.41, 5.74) is 3.51. The lowest BCUT2D eigenvalue weighted by Crippen LogP contribution is -2.62. The Morgan fingerprint density at radius 3 is 2.29 bits per heavy atom. The highest BCUT2D eigenvalue weighted by Gasteiger charge is 2.52. The topological polar surface area (TPSA) is 62.3 Å². The van der Waals surface area contributed by atoms with Gasteiger partial charge >= 0.3 is 6.09 Å². The summed E-state index contributed by atoms with van der Waals surface area (Å²) in [5, 5.41) is 0. The lowest BCUT2D eigenvalue weighted by Gasteiger charge is -2.58. The first-order valence-corrected chi connectivity index (χ1v) is 15.2. The SMILES string of the molecule is COc1ccc(CN2CC(=O)N(C3CC4(CCN(C(=O)OC(C)(C)C)CC4)C3)[C@H](c3ccccc3C(C)C)C2)cc1. The Labute approximate surface area is 245 Å². The highest BCUT2D eigenvalue weighted by Crippen LogP contribution is 2.53. The van der Waals surface area contributed by atoms with E-state index in [0.29, 0.717) is 12.5 Å². The van der Waals surface area contributed by atoms with Gasteiger partial charge in [-0.3, -0.25) is 9.69 Å². The van der Waals surface area contributed by atoms with Gasteiger partial charge in [-0.15, -0.1) is 0 Å². The third-order valence-electron chi connectivity index (χ3n) is 9.16. The van der Waals surface area contributed by atoms with Gasteiger partial charge in [0.25, 0.3) is 0 Å². The first-order chi connectivity index (χ1) is 19.5. The van der Waals surface area contributed by atoms with E-state index in [9.17, 15) is 9.59 Å². The first-order valence-electron chi connectivity index (χ1n) is 15.2. The van der Waals surface area contributed by atoms with Gasteiger partial charge in [0, 0.05) is 32.2 Å². The van der Waals surface area contributed by atoms with Gasteiger partial charge in [0.15, 0.2) is 0 Å². The van der Waals surface area contributed by atoms with E-state index in [-0.39, 0.29) is 29.5 Å². The largest absolute Gasteiger partial charge is 0.497 e. The predicted octanol–water partition coefficient (Wildman–Crippen LogP) is 6.38. The van der Waals surface area contributed by atoms with E-state index in [4.69, 9.17) is 9.47 Å². The number of carbonyl (C=O) groups excluding carboxylic acids is 2. The van der Waals surface area contributed by atoms with Gasteiger partial charge in [-0.2, -0.15) is 0 Å². The minimum atomic E-state index is -0.481. The van der Waals surface area contributed by atoms with Gasteiger partial charge < -0.3 is 19.3 Å². The van der Waals surface area contributed by atoms with Crippen LogP contribution in [0.25, 0.3) is 0 Å². The van der Waals surface area contributed by atoms with Crippen molar-refractivity contribution in [1.29, 1.82) is 0 Å². The van der Waals surface area contributed by atoms with Crippen LogP contribution in [0.15, 0.2) is 48.5 Å². The molecule has 1 saturated carbocycles. The Morgan fingerprint density at radius 1 is 1.02 bits per heavy atom. The Hall–Kier alpha value is -3.06. The monoisotopic (exact) mass is 561 g/mol. The zero-order chi connectivity index (χ0) is 29.4. The number of rotatable bonds is 6. The van der Waals surface area contributed by atoms with Crippen molar-refractivity contribution in [3.63, 3.8) is 0 Å². The van der Waals surface area contributed by atoms with Gasteiger partial charge in [-0.1, -0.05) is 50.2 Å². The van der Waals surface area contributed by atoms with Crippen molar-refractivity contribution in [2.45, 2.75) is 90.4 Å². The average molecular weight is 562 g/mol. The van der Waals surface area contributed by atoms with Crippen molar-refractivity contribution in [1.82, 2.24) is 14.7 Å². The van der Waals surface area contributed by atoms with Crippen LogP contribution in [0.1, 0.15) is 89.0 Å². The van der Waals surface area contributed by atoms with Crippen LogP contribution in [0.3, 0.4) is 0 Å². The van der Waals surface area contributed by atoms with Gasteiger partial charge in [-0.05, 0) is 86.6 Å². The predicted molar refractivity (Wildman–Crippen MR) is 161 cm³/mol. The molecule has 7 heteroatoms. The minimum absolute atomic E-state index is 0.0253. The molecule has 1 aliphatic carbocycles. The van der Waals surface area contributed by atoms with Crippen LogP contribution in [-0.4, -0.2) is 71.6 Å². The summed E-state index contributed by atoms with van der Waals surface area (Å²) < 4.78 is 10.9. The Bertz CT molecular complexity index is 1220. The maximum atomic E-state index is 13.9. The highest BCUT2D eigenvalue weighted by molar-refractivity contribution is 5.80. The molecule has 0 N–H and O–H groups in total. The summed E-state index contributed by atoms with van der Waals surface area (Å²) >= 11 is 0. The molecule has 5 rings (SSSR count). The van der Waals surface area contributed by atoms with Gasteiger partial charge in [0.2, 0.25) is 5.91 Å². The fraction of sp³-hybridized carbons (Fsp3) is 0.588. The van der Waals surface area contributed by atoms with Crippen LogP contribution in [-0.2, 0) is 16.1 Å². The standard InChI is InChI=1S/C34H47N3O4/c1-24(2)28-9-7-8-10-29(28)30-22-35(21-25-11-13-27(40-6)14-12-25)23-31(38)37(30)26-19-34(20-26)15-17-36(18-16-34)32(39)41-33(3,4)5/h7-14,24,26,30H,15-23H2,1-6H3/t30-/m0/s1. The summed E-state index contributed by atoms with van der Waals surface area (Å²) in [6.07, 6.45) is 3.76. The number of likely N-dealkylation sites (tertiary alicyclic amines) is 1. The average Bonchev–Trinajstić information content (AvgIpc) is 2.91. The molecule has 0 aromatic heterocycles. The van der Waals surface area contributed by atoms with E-state index in [0.717, 1.165) is 57.6 Å². The molecule has 0 bridgehead atoms. The molecule has 1 atom stereocenters. The van der Waals surface area contributed by atoms with E-state index >= 15 is 0 Å². The Kier molecular flexibility index (Phi) is 8.38. The summed E-state index contributed by atoms with van der Waals surface area (Å²) in [4.78, 5) is 32.9. The zero-order valence-electron chi connectivity index (χ0n) is 25.7. The summed E-state index contributed by atoms with van der Waals surface area (Å²) in [6.45, 7) is 13.6. The Balaban J connectivity index is 1.31. The van der Waals surface area contributed by atoms with E-state index < -0.39 is 5.60 Å². The molecule has 2 aromatic carbocycles. The highest BCUT2D eigenvalue weighted by atomic mass is 16.6. The van der Waals surface area contributed by atoms with Crippen LogP contribution >= 0.6 is 0 Å². The normalized spacial score (nSPS) is 21.7. The number of nitrogens with zero attached hydrogens (tertiary/aromatic N) is 3. The molecule has 0 unspecified atom stereocenters. The van der Waals surface area contributed by atoms with E-state index in [1.54, 1.807) is 7.11 Å². The molecule has 2 aliphatic heterocycles. The van der Waals surface area contributed by atoms with Crippen molar-refractivity contribution in [2.75, 3.05) is 33.3 Å². The molecule has 41 heavy (non-hydrogen) atoms. The maximum Gasteiger partial charge on any atom is 0.410 e. The lowest BCUT2D eigenvalue weighted by atomic mass is 9.59. The molecule has 2 heterocycles. The summed E-state index contributed by atoms with van der Waals surface area (Å²) in [6, 6.07) is 17.1. The van der Waals surface area contributed by atoms with Crippen LogP contribution < -0.4 is 4.74 Å². The Morgan fingerprint density at radius 2 is 1.68 bits per heavy atom. The molecule has 2 saturated heterocycles. The fourth-order valence-corrected chi connectivity index (χ4v) is 7.03. The van der Waals surface area contributed by atoms with Crippen LogP contribution in [0.4, 0.5) is 4.79 Å². The molecule has 3 fully saturated rings. The molecule has 222 valence electrons. The lowest BCUT2D eigenvalue weighted by molar-refractivity contribution is -0.153. The molecule has 2 amide bonds. The van der Waals surface area contributed by atoms with Crippen molar-refractivity contribution < 1.29 is 19.1 Å². The van der Waals surface area contributed by atoms with Crippen molar-refractivity contribution in [3.8, 4) is 5.75 Å². The molecule has 1 spiro atoms. The number of piperazine rings is 1. The molecular formula is C34H47N3O4. The van der Waals surface area contributed by atoms with E-state index in [1.165, 1.54) is 16.7 Å². The molecule has 3 aliphatic rings. The van der Waals surface area contributed by atoms with Gasteiger partial charge in [0.1, 0.15) is 11.4 Å². The quantitative estimate of drug-likeness (QED) is 0.409. The number of methoxy groups -OCH3 is 1. The van der Waals surface area contributed by atoms with Crippen LogP contribution in [0.2, 0.25) is 0 Å². The molecular weight excluding hydrogens is 514 g/mol. The van der Waals surface area contributed by atoms with Crippen LogP contribution in [0, 0.1) is 5.41 Å². The smallest absolute Gasteiger partial charge is 0.410 e. The van der Waals surface area contributed by atoms with E-state index in [1.807, 2.05) is 37.8 Å². The molecule has 7 nitrogen and oxygen atoms in total. The van der Waals surface area contributed by atoms with Crippen molar-refractivity contribution in [3.05, 3.63) is 65.2 Å². The van der Waals surface area contributed by atoms with Crippen LogP contribution in [0.5, 0.6) is 5.75 Å². The second kappa shape index (κ2) is 11.7. The number of hydrogen-bond donors (Lipinski definition) is 0. The van der Waals surface area contributed by atoms with E-state index in [2.05, 4.69) is 60.0 Å². The third kappa shape index (κ3) is 6.56. The number of ether oxygens (including phenoxy) is 2. The summed E-state index contributed by atoms with van der Waals surface area (Å²) in [7, 11) is 1.68. The van der Waals surface area contributed by atoms with Crippen molar-refractivity contribution >= 4 is 12.0 Å². The van der Waals surface area contributed by atoms with Crippen molar-refractivity contribution in [2.24, 2.45) is 5.41 Å². The summed E-state index contributed by atoms with van der Waals surface area (Å²) in [5.74, 6) is 1.44. The number of carbonyl (C=O) groups is 2. The molecule has 0 radical (unpaired) electrons. The second-order valence-corrected chi connectivity index (χ2v) is 13.6. The minimum Gasteiger partial charge on any atom is -0.497 e. The van der Waals surface area contributed by atoms with Gasteiger partial charge in [-0.25, -0.2) is 4.79 Å².